The number of amidine groups is 1. The number of nitrogens with two attached hydrogens (primary N) is 1. The Balaban J connectivity index is 2.35. The summed E-state index contributed by atoms with van der Waals surface area (Å²) in [5.74, 6) is -0.137. The van der Waals surface area contributed by atoms with Crippen LogP contribution in [0.2, 0.25) is 0 Å². The second-order valence-corrected chi connectivity index (χ2v) is 7.61. The van der Waals surface area contributed by atoms with Crippen LogP contribution in [-0.4, -0.2) is 24.7 Å². The Morgan fingerprint density at radius 1 is 1.40 bits per heavy atom. The molecule has 1 saturated carbocycles. The van der Waals surface area contributed by atoms with E-state index in [1.54, 1.807) is 18.2 Å². The van der Waals surface area contributed by atoms with Crippen LogP contribution in [0.15, 0.2) is 27.8 Å². The molecule has 1 fully saturated rings. The van der Waals surface area contributed by atoms with Crippen molar-refractivity contribution in [1.29, 1.82) is 0 Å². The van der Waals surface area contributed by atoms with Crippen LogP contribution in [0, 0.1) is 0 Å². The average molecular weight is 362 g/mol. The molecule has 110 valence electrons. The number of oxime groups is 1. The molecule has 0 saturated heterocycles. The molecule has 0 aliphatic heterocycles. The summed E-state index contributed by atoms with van der Waals surface area (Å²) in [5.41, 5.74) is 6.22. The molecular weight excluding hydrogens is 346 g/mol. The first-order valence-corrected chi connectivity index (χ1v) is 8.57. The Kier molecular flexibility index (Phi) is 4.54. The Labute approximate surface area is 126 Å². The van der Waals surface area contributed by atoms with Crippen LogP contribution in [0.5, 0.6) is 0 Å². The second kappa shape index (κ2) is 6.01. The number of nitrogens with zero attached hydrogens (tertiary/aromatic N) is 1. The zero-order chi connectivity index (χ0) is 14.8. The molecule has 4 N–H and O–H groups in total. The molecule has 6 nitrogen and oxygen atoms in total. The largest absolute Gasteiger partial charge is 0.409 e. The van der Waals surface area contributed by atoms with Crippen molar-refractivity contribution < 1.29 is 13.6 Å². The van der Waals surface area contributed by atoms with E-state index in [0.29, 0.717) is 28.6 Å². The Hall–Kier alpha value is -1.28. The third-order valence-corrected chi connectivity index (χ3v) is 5.71. The molecule has 8 heteroatoms. The van der Waals surface area contributed by atoms with Gasteiger partial charge in [-0.25, -0.2) is 8.42 Å². The van der Waals surface area contributed by atoms with Gasteiger partial charge in [0.25, 0.3) is 0 Å². The smallest absolute Gasteiger partial charge is 0.235 e. The lowest BCUT2D eigenvalue weighted by atomic mass is 10.2. The van der Waals surface area contributed by atoms with E-state index in [4.69, 9.17) is 10.9 Å². The van der Waals surface area contributed by atoms with Crippen molar-refractivity contribution in [3.63, 3.8) is 0 Å². The maximum absolute atomic E-state index is 12.3. The lowest BCUT2D eigenvalue weighted by Gasteiger charge is -2.16. The summed E-state index contributed by atoms with van der Waals surface area (Å²) in [7, 11) is -3.46. The minimum atomic E-state index is -3.46. The molecule has 0 bridgehead atoms. The van der Waals surface area contributed by atoms with E-state index >= 15 is 0 Å². The summed E-state index contributed by atoms with van der Waals surface area (Å²) in [4.78, 5) is 0. The van der Waals surface area contributed by atoms with Gasteiger partial charge in [-0.3, -0.25) is 4.72 Å². The number of benzene rings is 1. The molecule has 1 aliphatic rings. The van der Waals surface area contributed by atoms with Gasteiger partial charge in [-0.2, -0.15) is 0 Å². The zero-order valence-electron chi connectivity index (χ0n) is 10.7. The van der Waals surface area contributed by atoms with Crippen molar-refractivity contribution in [3.8, 4) is 0 Å². The third kappa shape index (κ3) is 3.24. The molecule has 0 aromatic heterocycles. The van der Waals surface area contributed by atoms with Gasteiger partial charge in [-0.1, -0.05) is 33.9 Å². The zero-order valence-corrected chi connectivity index (χ0v) is 13.1. The van der Waals surface area contributed by atoms with E-state index in [-0.39, 0.29) is 11.1 Å². The summed E-state index contributed by atoms with van der Waals surface area (Å²) in [6.45, 7) is 0. The quantitative estimate of drug-likeness (QED) is 0.331. The fourth-order valence-electron chi connectivity index (χ4n) is 2.31. The molecule has 20 heavy (non-hydrogen) atoms. The predicted octanol–water partition coefficient (Wildman–Crippen LogP) is 2.23. The Morgan fingerprint density at radius 3 is 2.65 bits per heavy atom. The lowest BCUT2D eigenvalue weighted by Crippen LogP contribution is -2.27. The number of hydrogen-bond donors (Lipinski definition) is 3. The summed E-state index contributed by atoms with van der Waals surface area (Å²) in [6.07, 6.45) is 3.19. The predicted molar refractivity (Wildman–Crippen MR) is 81.5 cm³/mol. The summed E-state index contributed by atoms with van der Waals surface area (Å²) < 4.78 is 27.9. The van der Waals surface area contributed by atoms with Crippen LogP contribution in [-0.2, 0) is 10.0 Å². The molecule has 0 amide bonds. The van der Waals surface area contributed by atoms with Crippen LogP contribution < -0.4 is 10.5 Å². The van der Waals surface area contributed by atoms with Crippen molar-refractivity contribution in [1.82, 2.24) is 0 Å². The first-order chi connectivity index (χ1) is 9.44. The van der Waals surface area contributed by atoms with Gasteiger partial charge in [0, 0.05) is 10.0 Å². The minimum Gasteiger partial charge on any atom is -0.409 e. The molecule has 0 radical (unpaired) electrons. The third-order valence-electron chi connectivity index (χ3n) is 3.36. The average Bonchev–Trinajstić information content (AvgIpc) is 2.92. The normalized spacial score (nSPS) is 17.4. The van der Waals surface area contributed by atoms with E-state index in [1.165, 1.54) is 0 Å². The highest BCUT2D eigenvalue weighted by atomic mass is 79.9. The summed E-state index contributed by atoms with van der Waals surface area (Å²) in [5, 5.41) is 11.3. The van der Waals surface area contributed by atoms with Gasteiger partial charge < -0.3 is 10.9 Å². The van der Waals surface area contributed by atoms with Crippen LogP contribution in [0.3, 0.4) is 0 Å². The van der Waals surface area contributed by atoms with E-state index in [1.807, 2.05) is 0 Å². The van der Waals surface area contributed by atoms with Crippen molar-refractivity contribution in [2.45, 2.75) is 30.9 Å². The van der Waals surface area contributed by atoms with E-state index < -0.39 is 10.0 Å². The molecule has 1 aromatic carbocycles. The van der Waals surface area contributed by atoms with Gasteiger partial charge in [0.05, 0.1) is 10.9 Å². The van der Waals surface area contributed by atoms with Gasteiger partial charge >= 0.3 is 0 Å². The molecule has 0 unspecified atom stereocenters. The molecule has 0 spiro atoms. The van der Waals surface area contributed by atoms with Crippen LogP contribution in [0.25, 0.3) is 0 Å². The van der Waals surface area contributed by atoms with Crippen LogP contribution >= 0.6 is 15.9 Å². The van der Waals surface area contributed by atoms with Crippen LogP contribution in [0.1, 0.15) is 31.2 Å². The van der Waals surface area contributed by atoms with Crippen molar-refractivity contribution in [2.75, 3.05) is 4.72 Å². The van der Waals surface area contributed by atoms with Crippen molar-refractivity contribution in [3.05, 3.63) is 28.2 Å². The topological polar surface area (TPSA) is 105 Å². The van der Waals surface area contributed by atoms with Gasteiger partial charge in [-0.05, 0) is 31.0 Å². The number of nitrogens with one attached hydrogen (secondary N) is 1. The van der Waals surface area contributed by atoms with Gasteiger partial charge in [0.15, 0.2) is 5.84 Å². The summed E-state index contributed by atoms with van der Waals surface area (Å²) in [6, 6.07) is 4.88. The van der Waals surface area contributed by atoms with E-state index in [2.05, 4.69) is 25.8 Å². The molecule has 1 aromatic rings. The molecule has 2 rings (SSSR count). The Bertz CT molecular complexity index is 625. The molecule has 1 aliphatic carbocycles. The van der Waals surface area contributed by atoms with Crippen LogP contribution in [0.4, 0.5) is 5.69 Å². The highest BCUT2D eigenvalue weighted by Gasteiger charge is 2.29. The number of rotatable bonds is 4. The van der Waals surface area contributed by atoms with Crippen molar-refractivity contribution in [2.24, 2.45) is 10.9 Å². The van der Waals surface area contributed by atoms with Gasteiger partial charge in [0.1, 0.15) is 0 Å². The SMILES string of the molecule is N/C(=N/O)c1ccc(Br)cc1NS(=O)(=O)C1CCCC1. The highest BCUT2D eigenvalue weighted by Crippen LogP contribution is 2.28. The molecule has 0 heterocycles. The fraction of sp³-hybridized carbons (Fsp3) is 0.417. The minimum absolute atomic E-state index is 0.137. The van der Waals surface area contributed by atoms with E-state index in [9.17, 15) is 8.42 Å². The highest BCUT2D eigenvalue weighted by molar-refractivity contribution is 9.10. The summed E-state index contributed by atoms with van der Waals surface area (Å²) >= 11 is 3.28. The number of halogens is 1. The maximum Gasteiger partial charge on any atom is 0.235 e. The molecular formula is C12H16BrN3O3S. The standard InChI is InChI=1S/C12H16BrN3O3S/c13-8-5-6-10(12(14)15-17)11(7-8)16-20(18,19)9-3-1-2-4-9/h5-7,9,16-17H,1-4H2,(H2,14,15). The second-order valence-electron chi connectivity index (χ2n) is 4.73. The number of anilines is 1. The monoisotopic (exact) mass is 361 g/mol. The first-order valence-electron chi connectivity index (χ1n) is 6.23. The molecule has 0 atom stereocenters. The Morgan fingerprint density at radius 2 is 2.05 bits per heavy atom. The maximum atomic E-state index is 12.3. The first kappa shape index (κ1) is 15.1. The number of sulfonamides is 1. The number of hydrogen-bond acceptors (Lipinski definition) is 4. The fourth-order valence-corrected chi connectivity index (χ4v) is 4.27. The van der Waals surface area contributed by atoms with E-state index in [0.717, 1.165) is 12.8 Å². The van der Waals surface area contributed by atoms with Crippen molar-refractivity contribution >= 4 is 37.5 Å². The van der Waals surface area contributed by atoms with Gasteiger partial charge in [-0.15, -0.1) is 0 Å². The lowest BCUT2D eigenvalue weighted by molar-refractivity contribution is 0.318. The van der Waals surface area contributed by atoms with Gasteiger partial charge in [0.2, 0.25) is 10.0 Å².